The van der Waals surface area contributed by atoms with Crippen LogP contribution >= 0.6 is 24.2 Å². The predicted octanol–water partition coefficient (Wildman–Crippen LogP) is 2.14. The summed E-state index contributed by atoms with van der Waals surface area (Å²) in [6, 6.07) is 5.46. The second kappa shape index (κ2) is 12.5. The number of nitrogens with one attached hydrogen (secondary N) is 1. The van der Waals surface area contributed by atoms with E-state index in [4.69, 9.17) is 15.2 Å². The first kappa shape index (κ1) is 22.1. The van der Waals surface area contributed by atoms with E-state index in [0.717, 1.165) is 22.6 Å². The third kappa shape index (κ3) is 8.46. The van der Waals surface area contributed by atoms with Gasteiger partial charge in [0.1, 0.15) is 12.4 Å². The van der Waals surface area contributed by atoms with Crippen LogP contribution in [0.5, 0.6) is 5.75 Å². The highest BCUT2D eigenvalue weighted by Crippen LogP contribution is 2.20. The number of halogens is 1. The number of ether oxygens (including phenoxy) is 2. The Labute approximate surface area is 149 Å². The molecule has 1 aromatic carbocycles. The number of carbonyl (C=O) groups excluding carboxylic acids is 1. The standard InChI is InChI=1S/C16H26N2O3S.ClH/c1-12-4-5-13(15(10-12)21-8-7-20-2)11-18-16(19)14(17)6-9-22-3;/h4-5,10,14H,6-9,11,17H2,1-3H3,(H,18,19);1H/t14-;/m0./s1. The molecule has 0 aliphatic heterocycles. The van der Waals surface area contributed by atoms with Crippen molar-refractivity contribution in [2.45, 2.75) is 25.9 Å². The minimum absolute atomic E-state index is 0. The molecule has 132 valence electrons. The molecule has 0 spiro atoms. The molecule has 0 heterocycles. The van der Waals surface area contributed by atoms with Crippen molar-refractivity contribution in [3.8, 4) is 5.75 Å². The van der Waals surface area contributed by atoms with E-state index in [2.05, 4.69) is 5.32 Å². The summed E-state index contributed by atoms with van der Waals surface area (Å²) < 4.78 is 10.7. The smallest absolute Gasteiger partial charge is 0.237 e. The van der Waals surface area contributed by atoms with Gasteiger partial charge in [-0.25, -0.2) is 0 Å². The number of nitrogens with two attached hydrogens (primary N) is 1. The van der Waals surface area contributed by atoms with E-state index >= 15 is 0 Å². The Kier molecular flexibility index (Phi) is 12.0. The van der Waals surface area contributed by atoms with Crippen molar-refractivity contribution in [1.29, 1.82) is 0 Å². The Hall–Kier alpha value is -0.950. The van der Waals surface area contributed by atoms with Crippen LogP contribution < -0.4 is 15.8 Å². The van der Waals surface area contributed by atoms with Gasteiger partial charge in [-0.1, -0.05) is 12.1 Å². The zero-order chi connectivity index (χ0) is 16.4. The first-order chi connectivity index (χ1) is 10.6. The number of aryl methyl sites for hydroxylation is 1. The zero-order valence-electron chi connectivity index (χ0n) is 14.0. The van der Waals surface area contributed by atoms with Crippen molar-refractivity contribution in [3.05, 3.63) is 29.3 Å². The molecule has 0 saturated heterocycles. The number of benzene rings is 1. The van der Waals surface area contributed by atoms with E-state index in [1.165, 1.54) is 0 Å². The molecule has 5 nitrogen and oxygen atoms in total. The largest absolute Gasteiger partial charge is 0.491 e. The van der Waals surface area contributed by atoms with Crippen LogP contribution in [0.2, 0.25) is 0 Å². The zero-order valence-corrected chi connectivity index (χ0v) is 15.6. The predicted molar refractivity (Wildman–Crippen MR) is 98.6 cm³/mol. The monoisotopic (exact) mass is 362 g/mol. The molecule has 1 rings (SSSR count). The topological polar surface area (TPSA) is 73.6 Å². The Morgan fingerprint density at radius 2 is 2.13 bits per heavy atom. The van der Waals surface area contributed by atoms with E-state index in [0.29, 0.717) is 26.2 Å². The number of rotatable bonds is 10. The average molecular weight is 363 g/mol. The molecule has 0 fully saturated rings. The normalized spacial score (nSPS) is 11.5. The Morgan fingerprint density at radius 3 is 2.78 bits per heavy atom. The molecule has 1 amide bonds. The highest BCUT2D eigenvalue weighted by molar-refractivity contribution is 7.98. The number of thioether (sulfide) groups is 1. The molecule has 0 aromatic heterocycles. The van der Waals surface area contributed by atoms with Crippen LogP contribution in [0.1, 0.15) is 17.5 Å². The van der Waals surface area contributed by atoms with Crippen LogP contribution in [-0.2, 0) is 16.1 Å². The van der Waals surface area contributed by atoms with Gasteiger partial charge in [-0.15, -0.1) is 12.4 Å². The Balaban J connectivity index is 0.00000484. The number of amides is 1. The van der Waals surface area contributed by atoms with Gasteiger partial charge >= 0.3 is 0 Å². The quantitative estimate of drug-likeness (QED) is 0.624. The lowest BCUT2D eigenvalue weighted by Gasteiger charge is -2.15. The molecule has 0 aliphatic rings. The van der Waals surface area contributed by atoms with E-state index in [1.54, 1.807) is 18.9 Å². The summed E-state index contributed by atoms with van der Waals surface area (Å²) in [5.41, 5.74) is 7.90. The fraction of sp³-hybridized carbons (Fsp3) is 0.562. The van der Waals surface area contributed by atoms with Gasteiger partial charge < -0.3 is 20.5 Å². The van der Waals surface area contributed by atoms with Crippen LogP contribution in [0.25, 0.3) is 0 Å². The Bertz CT molecular complexity index is 475. The molecule has 0 unspecified atom stereocenters. The number of hydrogen-bond acceptors (Lipinski definition) is 5. The second-order valence-electron chi connectivity index (χ2n) is 5.06. The summed E-state index contributed by atoms with van der Waals surface area (Å²) in [7, 11) is 1.64. The number of hydrogen-bond donors (Lipinski definition) is 2. The summed E-state index contributed by atoms with van der Waals surface area (Å²) in [5, 5.41) is 2.87. The maximum absolute atomic E-state index is 12.0. The highest BCUT2D eigenvalue weighted by atomic mass is 35.5. The lowest BCUT2D eigenvalue weighted by atomic mass is 10.1. The molecule has 3 N–H and O–H groups in total. The van der Waals surface area contributed by atoms with Crippen molar-refractivity contribution < 1.29 is 14.3 Å². The van der Waals surface area contributed by atoms with Crippen LogP contribution in [0.15, 0.2) is 18.2 Å². The van der Waals surface area contributed by atoms with Crippen molar-refractivity contribution in [2.24, 2.45) is 5.73 Å². The first-order valence-electron chi connectivity index (χ1n) is 7.32. The molecule has 7 heteroatoms. The van der Waals surface area contributed by atoms with Gasteiger partial charge in [0.2, 0.25) is 5.91 Å². The van der Waals surface area contributed by atoms with E-state index in [9.17, 15) is 4.79 Å². The fourth-order valence-electron chi connectivity index (χ4n) is 1.87. The van der Waals surface area contributed by atoms with Gasteiger partial charge in [-0.05, 0) is 37.0 Å². The fourth-order valence-corrected chi connectivity index (χ4v) is 2.36. The lowest BCUT2D eigenvalue weighted by molar-refractivity contribution is -0.122. The molecule has 1 aromatic rings. The van der Waals surface area contributed by atoms with Gasteiger partial charge in [0.15, 0.2) is 0 Å². The van der Waals surface area contributed by atoms with Gasteiger partial charge in [-0.2, -0.15) is 11.8 Å². The van der Waals surface area contributed by atoms with Crippen LogP contribution in [0.3, 0.4) is 0 Å². The second-order valence-corrected chi connectivity index (χ2v) is 6.04. The summed E-state index contributed by atoms with van der Waals surface area (Å²) in [5.74, 6) is 1.53. The SMILES string of the molecule is COCCOc1cc(C)ccc1CNC(=O)[C@@H](N)CCSC.Cl. The number of methoxy groups -OCH3 is 1. The average Bonchev–Trinajstić information content (AvgIpc) is 2.51. The van der Waals surface area contributed by atoms with Crippen molar-refractivity contribution in [2.75, 3.05) is 32.3 Å². The van der Waals surface area contributed by atoms with Gasteiger partial charge in [0, 0.05) is 19.2 Å². The highest BCUT2D eigenvalue weighted by Gasteiger charge is 2.13. The summed E-state index contributed by atoms with van der Waals surface area (Å²) in [4.78, 5) is 12.0. The van der Waals surface area contributed by atoms with Gasteiger partial charge in [0.05, 0.1) is 12.6 Å². The third-order valence-corrected chi connectivity index (χ3v) is 3.83. The van der Waals surface area contributed by atoms with E-state index < -0.39 is 6.04 Å². The third-order valence-electron chi connectivity index (χ3n) is 3.19. The first-order valence-corrected chi connectivity index (χ1v) is 8.71. The summed E-state index contributed by atoms with van der Waals surface area (Å²) in [6.45, 7) is 3.42. The van der Waals surface area contributed by atoms with E-state index in [1.807, 2.05) is 31.4 Å². The molecular formula is C16H27ClN2O3S. The minimum atomic E-state index is -0.462. The van der Waals surface area contributed by atoms with Crippen LogP contribution in [0, 0.1) is 6.92 Å². The molecule has 1 atom stereocenters. The molecule has 0 bridgehead atoms. The lowest BCUT2D eigenvalue weighted by Crippen LogP contribution is -2.40. The van der Waals surface area contributed by atoms with Crippen molar-refractivity contribution in [3.63, 3.8) is 0 Å². The van der Waals surface area contributed by atoms with Crippen LogP contribution in [0.4, 0.5) is 0 Å². The molecule has 0 radical (unpaired) electrons. The summed E-state index contributed by atoms with van der Waals surface area (Å²) in [6.07, 6.45) is 2.68. The van der Waals surface area contributed by atoms with Crippen LogP contribution in [-0.4, -0.2) is 44.3 Å². The van der Waals surface area contributed by atoms with Crippen molar-refractivity contribution in [1.82, 2.24) is 5.32 Å². The van der Waals surface area contributed by atoms with Gasteiger partial charge in [-0.3, -0.25) is 4.79 Å². The van der Waals surface area contributed by atoms with E-state index in [-0.39, 0.29) is 18.3 Å². The number of carbonyl (C=O) groups is 1. The molecule has 23 heavy (non-hydrogen) atoms. The summed E-state index contributed by atoms with van der Waals surface area (Å²) >= 11 is 1.69. The van der Waals surface area contributed by atoms with Crippen molar-refractivity contribution >= 4 is 30.1 Å². The molecule has 0 saturated carbocycles. The van der Waals surface area contributed by atoms with Gasteiger partial charge in [0.25, 0.3) is 0 Å². The minimum Gasteiger partial charge on any atom is -0.491 e. The maximum Gasteiger partial charge on any atom is 0.237 e. The molecule has 0 aliphatic carbocycles. The maximum atomic E-state index is 12.0. The molecular weight excluding hydrogens is 336 g/mol. The Morgan fingerprint density at radius 1 is 1.39 bits per heavy atom.